The van der Waals surface area contributed by atoms with Crippen molar-refractivity contribution >= 4 is 28.4 Å². The predicted octanol–water partition coefficient (Wildman–Crippen LogP) is 2.12. The van der Waals surface area contributed by atoms with E-state index >= 15 is 0 Å². The van der Waals surface area contributed by atoms with Gasteiger partial charge in [-0.05, 0) is 13.0 Å². The minimum atomic E-state index is -0.734. The summed E-state index contributed by atoms with van der Waals surface area (Å²) in [7, 11) is 0. The first kappa shape index (κ1) is 9.30. The van der Waals surface area contributed by atoms with Crippen LogP contribution in [0.1, 0.15) is 18.9 Å². The lowest BCUT2D eigenvalue weighted by atomic mass is 10.3. The van der Waals surface area contributed by atoms with E-state index in [9.17, 15) is 5.11 Å². The first-order valence-corrected chi connectivity index (χ1v) is 4.49. The molecule has 1 aromatic heterocycles. The Morgan fingerprint density at radius 3 is 2.93 bits per heavy atom. The van der Waals surface area contributed by atoms with Crippen molar-refractivity contribution < 1.29 is 9.52 Å². The minimum absolute atomic E-state index is 0.265. The summed E-state index contributed by atoms with van der Waals surface area (Å²) >= 11 is 5.81. The van der Waals surface area contributed by atoms with Crippen LogP contribution in [0, 0.1) is 0 Å². The van der Waals surface area contributed by atoms with E-state index in [1.165, 1.54) is 0 Å². The summed E-state index contributed by atoms with van der Waals surface area (Å²) in [6.45, 7) is 1.58. The third kappa shape index (κ3) is 1.42. The Balaban J connectivity index is 2.66. The Morgan fingerprint density at radius 1 is 1.57 bits per heavy atom. The van der Waals surface area contributed by atoms with Gasteiger partial charge in [0.1, 0.15) is 11.6 Å². The van der Waals surface area contributed by atoms with Crippen LogP contribution in [-0.2, 0) is 0 Å². The van der Waals surface area contributed by atoms with Gasteiger partial charge in [-0.15, -0.1) is 0 Å². The van der Waals surface area contributed by atoms with E-state index < -0.39 is 6.10 Å². The highest BCUT2D eigenvalue weighted by atomic mass is 35.5. The molecule has 5 heteroatoms. The number of aliphatic hydroxyl groups is 1. The number of halogens is 1. The summed E-state index contributed by atoms with van der Waals surface area (Å²) in [6.07, 6.45) is -0.734. The van der Waals surface area contributed by atoms with Gasteiger partial charge in [0, 0.05) is 6.07 Å². The summed E-state index contributed by atoms with van der Waals surface area (Å²) in [4.78, 5) is 4.06. The molecule has 0 radical (unpaired) electrons. The first-order chi connectivity index (χ1) is 6.58. The molecule has 0 aliphatic heterocycles. The number of rotatable bonds is 1. The van der Waals surface area contributed by atoms with Crippen LogP contribution in [-0.4, -0.2) is 10.1 Å². The van der Waals surface area contributed by atoms with Gasteiger partial charge >= 0.3 is 0 Å². The fraction of sp³-hybridized carbons (Fsp3) is 0.222. The van der Waals surface area contributed by atoms with Crippen molar-refractivity contribution in [2.24, 2.45) is 0 Å². The molecule has 4 nitrogen and oxygen atoms in total. The maximum atomic E-state index is 9.24. The third-order valence-corrected chi connectivity index (χ3v) is 2.21. The standard InChI is InChI=1S/C9H9ClN2O2/c1-4(13)9-12-7-2-5(10)6(11)3-8(7)14-9/h2-4,13H,11H2,1H3/t4-/m0/s1. The molecule has 14 heavy (non-hydrogen) atoms. The Hall–Kier alpha value is -1.26. The largest absolute Gasteiger partial charge is 0.438 e. The lowest BCUT2D eigenvalue weighted by Crippen LogP contribution is -1.89. The molecule has 3 N–H and O–H groups in total. The Morgan fingerprint density at radius 2 is 2.29 bits per heavy atom. The van der Waals surface area contributed by atoms with E-state index in [0.717, 1.165) is 0 Å². The van der Waals surface area contributed by atoms with Crippen molar-refractivity contribution in [2.75, 3.05) is 5.73 Å². The SMILES string of the molecule is C[C@H](O)c1nc2cc(Cl)c(N)cc2o1. The highest BCUT2D eigenvalue weighted by molar-refractivity contribution is 6.33. The second-order valence-electron chi connectivity index (χ2n) is 3.07. The molecule has 0 fully saturated rings. The molecule has 0 saturated heterocycles. The van der Waals surface area contributed by atoms with Crippen LogP contribution >= 0.6 is 11.6 Å². The van der Waals surface area contributed by atoms with Gasteiger partial charge in [-0.2, -0.15) is 0 Å². The van der Waals surface area contributed by atoms with Gasteiger partial charge in [-0.1, -0.05) is 11.6 Å². The molecular weight excluding hydrogens is 204 g/mol. The second kappa shape index (κ2) is 3.15. The van der Waals surface area contributed by atoms with Gasteiger partial charge in [-0.25, -0.2) is 4.98 Å². The minimum Gasteiger partial charge on any atom is -0.438 e. The van der Waals surface area contributed by atoms with Gasteiger partial charge in [0.15, 0.2) is 5.58 Å². The topological polar surface area (TPSA) is 72.3 Å². The highest BCUT2D eigenvalue weighted by Crippen LogP contribution is 2.27. The van der Waals surface area contributed by atoms with E-state index in [0.29, 0.717) is 21.8 Å². The average Bonchev–Trinajstić information content (AvgIpc) is 2.48. The van der Waals surface area contributed by atoms with Crippen LogP contribution in [0.2, 0.25) is 5.02 Å². The summed E-state index contributed by atoms with van der Waals surface area (Å²) in [6, 6.07) is 3.21. The van der Waals surface area contributed by atoms with Crippen LogP contribution in [0.3, 0.4) is 0 Å². The fourth-order valence-electron chi connectivity index (χ4n) is 1.16. The zero-order valence-corrected chi connectivity index (χ0v) is 8.25. The van der Waals surface area contributed by atoms with Crippen LogP contribution in [0.5, 0.6) is 0 Å². The zero-order valence-electron chi connectivity index (χ0n) is 7.49. The monoisotopic (exact) mass is 212 g/mol. The summed E-state index contributed by atoms with van der Waals surface area (Å²) in [5.74, 6) is 0.265. The van der Waals surface area contributed by atoms with E-state index in [-0.39, 0.29) is 5.89 Å². The van der Waals surface area contributed by atoms with Crippen molar-refractivity contribution in [3.05, 3.63) is 23.0 Å². The summed E-state index contributed by atoms with van der Waals surface area (Å²) in [5.41, 5.74) is 7.15. The Bertz CT molecular complexity index is 440. The molecule has 0 amide bonds. The van der Waals surface area contributed by atoms with Crippen LogP contribution in [0.25, 0.3) is 11.1 Å². The van der Waals surface area contributed by atoms with Gasteiger partial charge < -0.3 is 15.3 Å². The van der Waals surface area contributed by atoms with E-state index in [1.54, 1.807) is 19.1 Å². The second-order valence-corrected chi connectivity index (χ2v) is 3.48. The maximum absolute atomic E-state index is 9.24. The average molecular weight is 213 g/mol. The van der Waals surface area contributed by atoms with Gasteiger partial charge in [0.05, 0.1) is 10.7 Å². The molecule has 0 spiro atoms. The van der Waals surface area contributed by atoms with Gasteiger partial charge in [-0.3, -0.25) is 0 Å². The molecule has 0 aliphatic rings. The molecule has 1 atom stereocenters. The van der Waals surface area contributed by atoms with Crippen molar-refractivity contribution in [1.29, 1.82) is 0 Å². The molecular formula is C9H9ClN2O2. The van der Waals surface area contributed by atoms with Crippen molar-refractivity contribution in [2.45, 2.75) is 13.0 Å². The molecule has 0 bridgehead atoms. The van der Waals surface area contributed by atoms with Crippen LogP contribution in [0.4, 0.5) is 5.69 Å². The third-order valence-electron chi connectivity index (χ3n) is 1.88. The smallest absolute Gasteiger partial charge is 0.224 e. The van der Waals surface area contributed by atoms with Crippen LogP contribution in [0.15, 0.2) is 16.5 Å². The Labute approximate surface area is 85.3 Å². The van der Waals surface area contributed by atoms with E-state index in [2.05, 4.69) is 4.98 Å². The molecule has 0 unspecified atom stereocenters. The number of fused-ring (bicyclic) bond motifs is 1. The van der Waals surface area contributed by atoms with Gasteiger partial charge in [0.2, 0.25) is 5.89 Å². The van der Waals surface area contributed by atoms with Crippen LogP contribution < -0.4 is 5.73 Å². The van der Waals surface area contributed by atoms with E-state index in [1.807, 2.05) is 0 Å². The van der Waals surface area contributed by atoms with E-state index in [4.69, 9.17) is 21.8 Å². The molecule has 1 heterocycles. The first-order valence-electron chi connectivity index (χ1n) is 4.11. The number of aromatic nitrogens is 1. The molecule has 0 aliphatic carbocycles. The number of hydrogen-bond donors (Lipinski definition) is 2. The predicted molar refractivity (Wildman–Crippen MR) is 54.1 cm³/mol. The zero-order chi connectivity index (χ0) is 10.3. The normalized spacial score (nSPS) is 13.4. The molecule has 1 aromatic carbocycles. The lowest BCUT2D eigenvalue weighted by Gasteiger charge is -1.94. The number of nitrogen functional groups attached to an aromatic ring is 1. The number of hydrogen-bond acceptors (Lipinski definition) is 4. The lowest BCUT2D eigenvalue weighted by molar-refractivity contribution is 0.165. The quantitative estimate of drug-likeness (QED) is 0.711. The molecule has 0 saturated carbocycles. The number of benzene rings is 1. The van der Waals surface area contributed by atoms with Crippen molar-refractivity contribution in [3.8, 4) is 0 Å². The number of anilines is 1. The number of nitrogens with zero attached hydrogens (tertiary/aromatic N) is 1. The van der Waals surface area contributed by atoms with Crippen molar-refractivity contribution in [1.82, 2.24) is 4.98 Å². The Kier molecular flexibility index (Phi) is 2.09. The molecule has 2 rings (SSSR count). The summed E-state index contributed by atoms with van der Waals surface area (Å²) in [5, 5.41) is 9.68. The summed E-state index contributed by atoms with van der Waals surface area (Å²) < 4.78 is 5.27. The number of aliphatic hydroxyl groups excluding tert-OH is 1. The highest BCUT2D eigenvalue weighted by Gasteiger charge is 2.11. The molecule has 74 valence electrons. The fourth-order valence-corrected chi connectivity index (χ4v) is 1.32. The number of oxazole rings is 1. The molecule has 2 aromatic rings. The number of nitrogens with two attached hydrogens (primary N) is 1. The maximum Gasteiger partial charge on any atom is 0.224 e. The van der Waals surface area contributed by atoms with Gasteiger partial charge in [0.25, 0.3) is 0 Å². The van der Waals surface area contributed by atoms with Crippen molar-refractivity contribution in [3.63, 3.8) is 0 Å².